The number of rotatable bonds is 5. The van der Waals surface area contributed by atoms with Gasteiger partial charge in [0, 0.05) is 22.8 Å². The summed E-state index contributed by atoms with van der Waals surface area (Å²) in [4.78, 5) is 11.9. The largest absolute Gasteiger partial charge is 0.482 e. The molecule has 4 nitrogen and oxygen atoms in total. The molecule has 0 heterocycles. The number of nitrogens with two attached hydrogens (primary N) is 1. The first-order valence-corrected chi connectivity index (χ1v) is 7.43. The first-order valence-electron chi connectivity index (χ1n) is 6.26. The Bertz CT molecular complexity index is 632. The second-order valence-corrected chi connectivity index (χ2v) is 5.57. The Hall–Kier alpha value is -1.56. The molecule has 0 bridgehead atoms. The number of amides is 1. The second-order valence-electron chi connectivity index (χ2n) is 4.28. The van der Waals surface area contributed by atoms with E-state index in [-0.39, 0.29) is 12.5 Å². The van der Waals surface area contributed by atoms with Gasteiger partial charge in [0.15, 0.2) is 6.61 Å². The van der Waals surface area contributed by atoms with Crippen LogP contribution in [0.5, 0.6) is 5.75 Å². The Balaban J connectivity index is 1.97. The van der Waals surface area contributed by atoms with Gasteiger partial charge in [0.2, 0.25) is 0 Å². The molecular weight excluding hydrogens is 356 g/mol. The number of hydrogen-bond acceptors (Lipinski definition) is 3. The van der Waals surface area contributed by atoms with Gasteiger partial charge in [-0.15, -0.1) is 0 Å². The molecule has 6 heteroatoms. The third kappa shape index (κ3) is 4.46. The van der Waals surface area contributed by atoms with Crippen LogP contribution in [0.25, 0.3) is 0 Å². The number of para-hydroxylation sites is 1. The molecule has 0 saturated heterocycles. The Morgan fingerprint density at radius 3 is 2.62 bits per heavy atom. The fourth-order valence-electron chi connectivity index (χ4n) is 1.74. The first-order chi connectivity index (χ1) is 10.1. The van der Waals surface area contributed by atoms with Crippen LogP contribution in [0.4, 0.5) is 5.69 Å². The van der Waals surface area contributed by atoms with E-state index >= 15 is 0 Å². The van der Waals surface area contributed by atoms with Crippen LogP contribution in [0.3, 0.4) is 0 Å². The third-order valence-electron chi connectivity index (χ3n) is 2.74. The lowest BCUT2D eigenvalue weighted by Gasteiger charge is -2.12. The number of carbonyl (C=O) groups excluding carboxylic acids is 1. The average Bonchev–Trinajstić information content (AvgIpc) is 2.48. The molecular formula is C15H14BrClN2O2. The van der Waals surface area contributed by atoms with Crippen molar-refractivity contribution in [2.24, 2.45) is 5.73 Å². The lowest BCUT2D eigenvalue weighted by Crippen LogP contribution is -2.20. The predicted molar refractivity (Wildman–Crippen MR) is 87.6 cm³/mol. The van der Waals surface area contributed by atoms with E-state index in [0.717, 1.165) is 10.0 Å². The molecule has 0 aliphatic rings. The molecule has 0 spiro atoms. The summed E-state index contributed by atoms with van der Waals surface area (Å²) in [6.07, 6.45) is 0. The molecule has 2 aromatic rings. The topological polar surface area (TPSA) is 64.3 Å². The number of nitrogens with one attached hydrogen (secondary N) is 1. The molecule has 0 fully saturated rings. The van der Waals surface area contributed by atoms with Gasteiger partial charge in [0.1, 0.15) is 5.75 Å². The van der Waals surface area contributed by atoms with Crippen LogP contribution in [-0.4, -0.2) is 12.5 Å². The summed E-state index contributed by atoms with van der Waals surface area (Å²) >= 11 is 9.17. The SMILES string of the molecule is NCc1cccc(Br)c1OCC(=O)Nc1ccc(Cl)cc1. The monoisotopic (exact) mass is 368 g/mol. The van der Waals surface area contributed by atoms with Crippen LogP contribution in [0.15, 0.2) is 46.9 Å². The molecule has 0 atom stereocenters. The first kappa shape index (κ1) is 15.8. The Labute approximate surface area is 136 Å². The van der Waals surface area contributed by atoms with Gasteiger partial charge in [0.05, 0.1) is 4.47 Å². The maximum absolute atomic E-state index is 11.9. The van der Waals surface area contributed by atoms with Crippen LogP contribution in [0.1, 0.15) is 5.56 Å². The molecule has 0 aliphatic carbocycles. The van der Waals surface area contributed by atoms with E-state index in [2.05, 4.69) is 21.2 Å². The molecule has 110 valence electrons. The van der Waals surface area contributed by atoms with Gasteiger partial charge in [0.25, 0.3) is 5.91 Å². The Morgan fingerprint density at radius 2 is 1.95 bits per heavy atom. The highest BCUT2D eigenvalue weighted by Gasteiger charge is 2.09. The van der Waals surface area contributed by atoms with Crippen LogP contribution in [-0.2, 0) is 11.3 Å². The van der Waals surface area contributed by atoms with E-state index in [9.17, 15) is 4.79 Å². The summed E-state index contributed by atoms with van der Waals surface area (Å²) in [6, 6.07) is 12.4. The van der Waals surface area contributed by atoms with Crippen molar-refractivity contribution in [2.45, 2.75) is 6.54 Å². The van der Waals surface area contributed by atoms with E-state index in [0.29, 0.717) is 23.0 Å². The molecule has 2 aromatic carbocycles. The van der Waals surface area contributed by atoms with Crippen molar-refractivity contribution < 1.29 is 9.53 Å². The van der Waals surface area contributed by atoms with Crippen LogP contribution in [0.2, 0.25) is 5.02 Å². The van der Waals surface area contributed by atoms with Crippen molar-refractivity contribution in [1.82, 2.24) is 0 Å². The zero-order chi connectivity index (χ0) is 15.2. The van der Waals surface area contributed by atoms with E-state index in [1.165, 1.54) is 0 Å². The van der Waals surface area contributed by atoms with Gasteiger partial charge in [-0.3, -0.25) is 4.79 Å². The zero-order valence-corrected chi connectivity index (χ0v) is 13.4. The summed E-state index contributed by atoms with van der Waals surface area (Å²) in [5.41, 5.74) is 7.15. The number of halogens is 2. The highest BCUT2D eigenvalue weighted by atomic mass is 79.9. The Kier molecular flexibility index (Phi) is 5.61. The minimum atomic E-state index is -0.254. The number of benzene rings is 2. The van der Waals surface area contributed by atoms with Crippen LogP contribution in [0, 0.1) is 0 Å². The summed E-state index contributed by atoms with van der Waals surface area (Å²) in [6.45, 7) is 0.242. The standard InChI is InChI=1S/C15H14BrClN2O2/c16-13-3-1-2-10(8-18)15(13)21-9-14(20)19-12-6-4-11(17)5-7-12/h1-7H,8-9,18H2,(H,19,20). The minimum absolute atomic E-state index is 0.0990. The van der Waals surface area contributed by atoms with Gasteiger partial charge in [-0.1, -0.05) is 23.7 Å². The van der Waals surface area contributed by atoms with Gasteiger partial charge in [-0.2, -0.15) is 0 Å². The fraction of sp³-hybridized carbons (Fsp3) is 0.133. The number of anilines is 1. The summed E-state index contributed by atoms with van der Waals surface area (Å²) < 4.78 is 6.32. The van der Waals surface area contributed by atoms with E-state index < -0.39 is 0 Å². The quantitative estimate of drug-likeness (QED) is 0.846. The van der Waals surface area contributed by atoms with Crippen molar-refractivity contribution in [2.75, 3.05) is 11.9 Å². The van der Waals surface area contributed by atoms with Gasteiger partial charge >= 0.3 is 0 Å². The summed E-state index contributed by atoms with van der Waals surface area (Å²) in [5, 5.41) is 3.34. The lowest BCUT2D eigenvalue weighted by atomic mass is 10.2. The highest BCUT2D eigenvalue weighted by molar-refractivity contribution is 9.10. The Morgan fingerprint density at radius 1 is 1.24 bits per heavy atom. The number of carbonyl (C=O) groups is 1. The molecule has 0 aromatic heterocycles. The van der Waals surface area contributed by atoms with Gasteiger partial charge in [-0.05, 0) is 46.3 Å². The minimum Gasteiger partial charge on any atom is -0.482 e. The highest BCUT2D eigenvalue weighted by Crippen LogP contribution is 2.28. The number of ether oxygens (including phenoxy) is 1. The average molecular weight is 370 g/mol. The maximum atomic E-state index is 11.9. The second kappa shape index (κ2) is 7.45. The molecule has 21 heavy (non-hydrogen) atoms. The molecule has 1 amide bonds. The van der Waals surface area contributed by atoms with Crippen LogP contribution < -0.4 is 15.8 Å². The molecule has 2 rings (SSSR count). The van der Waals surface area contributed by atoms with Crippen molar-refractivity contribution in [3.8, 4) is 5.75 Å². The van der Waals surface area contributed by atoms with E-state index in [1.54, 1.807) is 24.3 Å². The van der Waals surface area contributed by atoms with Crippen molar-refractivity contribution >= 4 is 39.1 Å². The van der Waals surface area contributed by atoms with E-state index in [4.69, 9.17) is 22.1 Å². The van der Waals surface area contributed by atoms with Crippen molar-refractivity contribution in [1.29, 1.82) is 0 Å². The zero-order valence-electron chi connectivity index (χ0n) is 11.1. The maximum Gasteiger partial charge on any atom is 0.262 e. The normalized spacial score (nSPS) is 10.2. The smallest absolute Gasteiger partial charge is 0.262 e. The predicted octanol–water partition coefficient (Wildman–Crippen LogP) is 3.58. The summed E-state index contributed by atoms with van der Waals surface area (Å²) in [5.74, 6) is 0.335. The molecule has 0 unspecified atom stereocenters. The van der Waals surface area contributed by atoms with Gasteiger partial charge in [-0.25, -0.2) is 0 Å². The molecule has 0 radical (unpaired) electrons. The fourth-order valence-corrected chi connectivity index (χ4v) is 2.39. The summed E-state index contributed by atoms with van der Waals surface area (Å²) in [7, 11) is 0. The lowest BCUT2D eigenvalue weighted by molar-refractivity contribution is -0.118. The van der Waals surface area contributed by atoms with E-state index in [1.807, 2.05) is 18.2 Å². The van der Waals surface area contributed by atoms with Crippen LogP contribution >= 0.6 is 27.5 Å². The molecule has 0 saturated carbocycles. The molecule has 3 N–H and O–H groups in total. The number of hydrogen-bond donors (Lipinski definition) is 2. The third-order valence-corrected chi connectivity index (χ3v) is 3.62. The molecule has 0 aliphatic heterocycles. The van der Waals surface area contributed by atoms with Gasteiger partial charge < -0.3 is 15.8 Å². The van der Waals surface area contributed by atoms with Crippen molar-refractivity contribution in [3.63, 3.8) is 0 Å². The van der Waals surface area contributed by atoms with Crippen molar-refractivity contribution in [3.05, 3.63) is 57.5 Å².